The monoisotopic (exact) mass is 426 g/mol. The van der Waals surface area contributed by atoms with Crippen molar-refractivity contribution in [2.24, 2.45) is 0 Å². The van der Waals surface area contributed by atoms with E-state index in [1.165, 1.54) is 11.1 Å². The van der Waals surface area contributed by atoms with Crippen molar-refractivity contribution >= 4 is 11.4 Å². The molecule has 4 nitrogen and oxygen atoms in total. The molecule has 0 amide bonds. The predicted molar refractivity (Wildman–Crippen MR) is 131 cm³/mol. The Hall–Kier alpha value is -3.40. The second-order valence-corrected chi connectivity index (χ2v) is 9.99. The van der Waals surface area contributed by atoms with Gasteiger partial charge in [0.25, 0.3) is 0 Å². The zero-order valence-electron chi connectivity index (χ0n) is 19.6. The normalized spacial score (nSPS) is 23.2. The van der Waals surface area contributed by atoms with E-state index >= 15 is 0 Å². The molecule has 0 saturated carbocycles. The number of allylic oxidation sites excluding steroid dienone is 4. The van der Waals surface area contributed by atoms with Gasteiger partial charge in [0, 0.05) is 47.7 Å². The molecule has 0 atom stereocenters. The molecule has 0 aromatic heterocycles. The van der Waals surface area contributed by atoms with Crippen molar-refractivity contribution in [3.8, 4) is 0 Å². The number of likely N-dealkylation sites (N-methyl/N-ethyl adjacent to an activating group) is 2. The average Bonchev–Trinajstić information content (AvgIpc) is 3.09. The van der Waals surface area contributed by atoms with Gasteiger partial charge in [0.2, 0.25) is 0 Å². The molecule has 2 aromatic carbocycles. The number of rotatable bonds is 2. The summed E-state index contributed by atoms with van der Waals surface area (Å²) in [7, 11) is 4.07. The first-order valence-electron chi connectivity index (χ1n) is 11.0. The Bertz CT molecular complexity index is 1160. The fraction of sp³-hybridized carbons (Fsp3) is 0.286. The Balaban J connectivity index is 1.52. The maximum Gasteiger partial charge on any atom is 0.137 e. The van der Waals surface area contributed by atoms with Crippen LogP contribution >= 0.6 is 0 Å². The van der Waals surface area contributed by atoms with Crippen LogP contribution in [0.1, 0.15) is 38.8 Å². The molecule has 2 aliphatic heterocycles. The number of hydrogen-bond acceptors (Lipinski definition) is 4. The number of benzene rings is 2. The molecule has 2 N–H and O–H groups in total. The van der Waals surface area contributed by atoms with Crippen LogP contribution in [0.5, 0.6) is 0 Å². The summed E-state index contributed by atoms with van der Waals surface area (Å²) < 4.78 is 0. The summed E-state index contributed by atoms with van der Waals surface area (Å²) in [5.41, 5.74) is 7.43. The Morgan fingerprint density at radius 3 is 1.31 bits per heavy atom. The van der Waals surface area contributed by atoms with Crippen LogP contribution in [0.3, 0.4) is 0 Å². The number of para-hydroxylation sites is 2. The van der Waals surface area contributed by atoms with E-state index in [2.05, 4.69) is 73.9 Å². The van der Waals surface area contributed by atoms with Gasteiger partial charge in [-0.15, -0.1) is 0 Å². The number of aliphatic hydroxyl groups is 2. The molecule has 0 radical (unpaired) electrons. The summed E-state index contributed by atoms with van der Waals surface area (Å²) in [6.45, 7) is 8.70. The third kappa shape index (κ3) is 2.56. The molecule has 0 bridgehead atoms. The standard InChI is InChI=1S/C28H30N2O2/c1-27(2)19-11-7-9-13-21(19)29(5)23(27)15-17-25(31)18(26(17)32)16-24-28(3,4)20-12-8-10-14-22(20)30(24)6/h7-16,31-32H,1-6H3. The Kier molecular flexibility index (Phi) is 4.20. The highest BCUT2D eigenvalue weighted by molar-refractivity contribution is 5.75. The van der Waals surface area contributed by atoms with E-state index < -0.39 is 0 Å². The minimum Gasteiger partial charge on any atom is -0.506 e. The summed E-state index contributed by atoms with van der Waals surface area (Å²) >= 11 is 0. The van der Waals surface area contributed by atoms with Crippen LogP contribution in [-0.4, -0.2) is 24.3 Å². The minimum absolute atomic E-state index is 0.141. The lowest BCUT2D eigenvalue weighted by Gasteiger charge is -2.29. The molecular weight excluding hydrogens is 396 g/mol. The van der Waals surface area contributed by atoms with Crippen molar-refractivity contribution in [3.63, 3.8) is 0 Å². The van der Waals surface area contributed by atoms with Gasteiger partial charge in [-0.05, 0) is 35.4 Å². The lowest BCUT2D eigenvalue weighted by Crippen LogP contribution is -2.25. The van der Waals surface area contributed by atoms with Crippen molar-refractivity contribution in [1.82, 2.24) is 0 Å². The van der Waals surface area contributed by atoms with Gasteiger partial charge in [-0.25, -0.2) is 0 Å². The van der Waals surface area contributed by atoms with E-state index in [1.807, 2.05) is 38.4 Å². The Morgan fingerprint density at radius 1 is 0.625 bits per heavy atom. The van der Waals surface area contributed by atoms with E-state index in [9.17, 15) is 10.2 Å². The van der Waals surface area contributed by atoms with Crippen molar-refractivity contribution in [2.75, 3.05) is 23.9 Å². The SMILES string of the molecule is CN1C(=CC2=C(O)C(C=C3N(C)c4ccccc4C3(C)C)=C2O)C(C)(C)c2ccccc21. The van der Waals surface area contributed by atoms with Crippen LogP contribution < -0.4 is 9.80 Å². The highest BCUT2D eigenvalue weighted by Crippen LogP contribution is 2.50. The second-order valence-electron chi connectivity index (χ2n) is 9.99. The van der Waals surface area contributed by atoms with Gasteiger partial charge in [0.15, 0.2) is 0 Å². The topological polar surface area (TPSA) is 46.9 Å². The zero-order chi connectivity index (χ0) is 23.0. The van der Waals surface area contributed by atoms with Gasteiger partial charge in [0.05, 0.1) is 11.1 Å². The number of anilines is 2. The van der Waals surface area contributed by atoms with Crippen molar-refractivity contribution in [1.29, 1.82) is 0 Å². The molecule has 32 heavy (non-hydrogen) atoms. The van der Waals surface area contributed by atoms with Gasteiger partial charge < -0.3 is 20.0 Å². The predicted octanol–water partition coefficient (Wildman–Crippen LogP) is 6.25. The lowest BCUT2D eigenvalue weighted by atomic mass is 9.80. The summed E-state index contributed by atoms with van der Waals surface area (Å²) in [4.78, 5) is 4.29. The van der Waals surface area contributed by atoms with Gasteiger partial charge in [-0.2, -0.15) is 0 Å². The molecule has 0 fully saturated rings. The largest absolute Gasteiger partial charge is 0.506 e. The molecule has 5 rings (SSSR count). The lowest BCUT2D eigenvalue weighted by molar-refractivity contribution is 0.354. The minimum atomic E-state index is -0.220. The third-order valence-electron chi connectivity index (χ3n) is 7.46. The van der Waals surface area contributed by atoms with E-state index in [-0.39, 0.29) is 22.3 Å². The van der Waals surface area contributed by atoms with Crippen LogP contribution in [-0.2, 0) is 10.8 Å². The highest BCUT2D eigenvalue weighted by atomic mass is 16.3. The van der Waals surface area contributed by atoms with Gasteiger partial charge in [-0.1, -0.05) is 64.1 Å². The number of aliphatic hydroxyl groups excluding tert-OH is 2. The van der Waals surface area contributed by atoms with Crippen LogP contribution in [0.25, 0.3) is 0 Å². The summed E-state index contributed by atoms with van der Waals surface area (Å²) in [5.74, 6) is 0.283. The van der Waals surface area contributed by atoms with E-state index in [1.54, 1.807) is 0 Å². The van der Waals surface area contributed by atoms with E-state index in [0.717, 1.165) is 22.8 Å². The third-order valence-corrected chi connectivity index (χ3v) is 7.46. The first kappa shape index (κ1) is 20.5. The maximum absolute atomic E-state index is 10.9. The molecule has 0 unspecified atom stereocenters. The summed E-state index contributed by atoms with van der Waals surface area (Å²) in [5, 5.41) is 21.9. The van der Waals surface area contributed by atoms with Crippen LogP contribution in [0.15, 0.2) is 94.7 Å². The zero-order valence-corrected chi connectivity index (χ0v) is 19.6. The van der Waals surface area contributed by atoms with Crippen LogP contribution in [0.4, 0.5) is 11.4 Å². The van der Waals surface area contributed by atoms with Crippen LogP contribution in [0.2, 0.25) is 0 Å². The number of fused-ring (bicyclic) bond motifs is 2. The van der Waals surface area contributed by atoms with Crippen molar-refractivity contribution < 1.29 is 10.2 Å². The average molecular weight is 427 g/mol. The molecule has 3 aliphatic rings. The molecule has 1 aliphatic carbocycles. The van der Waals surface area contributed by atoms with Gasteiger partial charge in [0.1, 0.15) is 11.5 Å². The molecular formula is C28H30N2O2. The smallest absolute Gasteiger partial charge is 0.137 e. The molecule has 0 saturated heterocycles. The Labute approximate surface area is 190 Å². The van der Waals surface area contributed by atoms with Crippen LogP contribution in [0, 0.1) is 0 Å². The molecule has 164 valence electrons. The number of nitrogens with zero attached hydrogens (tertiary/aromatic N) is 2. The quantitative estimate of drug-likeness (QED) is 0.596. The second kappa shape index (κ2) is 6.55. The molecule has 2 heterocycles. The fourth-order valence-electron chi connectivity index (χ4n) is 5.52. The van der Waals surface area contributed by atoms with Crippen molar-refractivity contribution in [3.05, 3.63) is 106 Å². The number of hydrogen-bond donors (Lipinski definition) is 2. The van der Waals surface area contributed by atoms with E-state index in [4.69, 9.17) is 0 Å². The van der Waals surface area contributed by atoms with Gasteiger partial charge >= 0.3 is 0 Å². The molecule has 4 heteroatoms. The molecule has 2 aromatic rings. The summed E-state index contributed by atoms with van der Waals surface area (Å²) in [6, 6.07) is 16.7. The summed E-state index contributed by atoms with van der Waals surface area (Å²) in [6.07, 6.45) is 3.84. The molecule has 0 spiro atoms. The fourth-order valence-corrected chi connectivity index (χ4v) is 5.52. The Morgan fingerprint density at radius 2 is 0.969 bits per heavy atom. The first-order valence-corrected chi connectivity index (χ1v) is 11.0. The maximum atomic E-state index is 10.9. The van der Waals surface area contributed by atoms with E-state index in [0.29, 0.717) is 11.1 Å². The van der Waals surface area contributed by atoms with Gasteiger partial charge in [-0.3, -0.25) is 0 Å². The van der Waals surface area contributed by atoms with Crippen molar-refractivity contribution in [2.45, 2.75) is 38.5 Å². The highest BCUT2D eigenvalue weighted by Gasteiger charge is 2.42. The first-order chi connectivity index (χ1) is 15.1.